The topological polar surface area (TPSA) is 61.9 Å². The van der Waals surface area contributed by atoms with Gasteiger partial charge in [-0.15, -0.1) is 0 Å². The molecule has 6 nitrogen and oxygen atoms in total. The highest BCUT2D eigenvalue weighted by Gasteiger charge is 2.30. The van der Waals surface area contributed by atoms with Crippen LogP contribution in [-0.4, -0.2) is 54.6 Å². The van der Waals surface area contributed by atoms with Gasteiger partial charge in [-0.3, -0.25) is 4.79 Å². The van der Waals surface area contributed by atoms with Crippen LogP contribution < -0.4 is 5.32 Å². The molecule has 4 rings (SSSR count). The highest BCUT2D eigenvalue weighted by Crippen LogP contribution is 2.33. The third-order valence-corrected chi connectivity index (χ3v) is 6.07. The van der Waals surface area contributed by atoms with Gasteiger partial charge in [-0.1, -0.05) is 12.1 Å². The zero-order valence-corrected chi connectivity index (χ0v) is 16.6. The SMILES string of the molecule is O=C(Cc1ccc(NC(=O)N2CCCC2c2ccsc2)cc1)N1CCOCC1. The van der Waals surface area contributed by atoms with Crippen molar-refractivity contribution in [3.63, 3.8) is 0 Å². The first-order valence-corrected chi connectivity index (χ1v) is 10.7. The largest absolute Gasteiger partial charge is 0.378 e. The number of likely N-dealkylation sites (tertiary alicyclic amines) is 1. The van der Waals surface area contributed by atoms with Gasteiger partial charge in [-0.05, 0) is 52.9 Å². The fourth-order valence-corrected chi connectivity index (χ4v) is 4.53. The summed E-state index contributed by atoms with van der Waals surface area (Å²) in [4.78, 5) is 28.8. The zero-order valence-electron chi connectivity index (χ0n) is 15.8. The summed E-state index contributed by atoms with van der Waals surface area (Å²) in [7, 11) is 0. The number of ether oxygens (including phenoxy) is 1. The molecule has 2 saturated heterocycles. The summed E-state index contributed by atoms with van der Waals surface area (Å²) in [5.74, 6) is 0.121. The van der Waals surface area contributed by atoms with Gasteiger partial charge in [0, 0.05) is 25.3 Å². The minimum absolute atomic E-state index is 0.0640. The van der Waals surface area contributed by atoms with Crippen molar-refractivity contribution in [2.24, 2.45) is 0 Å². The molecule has 1 atom stereocenters. The standard InChI is InChI=1S/C21H25N3O3S/c25-20(23-9-11-27-12-10-23)14-16-3-5-18(6-4-16)22-21(26)24-8-1-2-19(24)17-7-13-28-15-17/h3-7,13,15,19H,1-2,8-12,14H2,(H,22,26). The third-order valence-electron chi connectivity index (χ3n) is 5.37. The van der Waals surface area contributed by atoms with Gasteiger partial charge in [0.05, 0.1) is 25.7 Å². The lowest BCUT2D eigenvalue weighted by Crippen LogP contribution is -2.41. The Balaban J connectivity index is 1.33. The molecule has 0 spiro atoms. The first kappa shape index (κ1) is 19.0. The maximum atomic E-state index is 12.7. The van der Waals surface area contributed by atoms with E-state index in [1.165, 1.54) is 5.56 Å². The zero-order chi connectivity index (χ0) is 19.3. The van der Waals surface area contributed by atoms with Crippen LogP contribution in [0.4, 0.5) is 10.5 Å². The predicted molar refractivity (Wildman–Crippen MR) is 110 cm³/mol. The summed E-state index contributed by atoms with van der Waals surface area (Å²) in [6, 6.07) is 9.76. The number of hydrogen-bond donors (Lipinski definition) is 1. The first-order valence-electron chi connectivity index (χ1n) is 9.75. The van der Waals surface area contributed by atoms with Crippen molar-refractivity contribution in [3.8, 4) is 0 Å². The molecular formula is C21H25N3O3S. The molecule has 0 saturated carbocycles. The summed E-state index contributed by atoms with van der Waals surface area (Å²) in [6.45, 7) is 3.32. The Morgan fingerprint density at radius 3 is 2.61 bits per heavy atom. The van der Waals surface area contributed by atoms with Crippen molar-refractivity contribution in [1.82, 2.24) is 9.80 Å². The quantitative estimate of drug-likeness (QED) is 0.856. The molecule has 28 heavy (non-hydrogen) atoms. The van der Waals surface area contributed by atoms with Crippen molar-refractivity contribution in [2.45, 2.75) is 25.3 Å². The van der Waals surface area contributed by atoms with Crippen molar-refractivity contribution >= 4 is 29.0 Å². The van der Waals surface area contributed by atoms with Crippen LogP contribution in [-0.2, 0) is 16.0 Å². The Kier molecular flexibility index (Phi) is 5.92. The molecule has 1 unspecified atom stereocenters. The number of nitrogens with zero attached hydrogens (tertiary/aromatic N) is 2. The molecule has 7 heteroatoms. The van der Waals surface area contributed by atoms with Crippen molar-refractivity contribution in [1.29, 1.82) is 0 Å². The lowest BCUT2D eigenvalue weighted by atomic mass is 10.1. The van der Waals surface area contributed by atoms with E-state index in [2.05, 4.69) is 22.1 Å². The van der Waals surface area contributed by atoms with Gasteiger partial charge in [0.1, 0.15) is 0 Å². The lowest BCUT2D eigenvalue weighted by molar-refractivity contribution is -0.134. The van der Waals surface area contributed by atoms with E-state index in [4.69, 9.17) is 4.74 Å². The number of benzene rings is 1. The second-order valence-corrected chi connectivity index (χ2v) is 7.99. The molecule has 2 aliphatic heterocycles. The number of morpholine rings is 1. The molecule has 0 aliphatic carbocycles. The fourth-order valence-electron chi connectivity index (χ4n) is 3.82. The normalized spacial score (nSPS) is 19.6. The van der Waals surface area contributed by atoms with Crippen LogP contribution >= 0.6 is 11.3 Å². The number of anilines is 1. The van der Waals surface area contributed by atoms with Gasteiger partial charge in [-0.2, -0.15) is 11.3 Å². The van der Waals surface area contributed by atoms with Crippen molar-refractivity contribution in [3.05, 3.63) is 52.2 Å². The molecular weight excluding hydrogens is 374 g/mol. The number of carbonyl (C=O) groups excluding carboxylic acids is 2. The minimum atomic E-state index is -0.0640. The summed E-state index contributed by atoms with van der Waals surface area (Å²) in [6.07, 6.45) is 2.41. The van der Waals surface area contributed by atoms with Crippen LogP contribution in [0.5, 0.6) is 0 Å². The fraction of sp³-hybridized carbons (Fsp3) is 0.429. The van der Waals surface area contributed by atoms with E-state index in [1.807, 2.05) is 34.1 Å². The third kappa shape index (κ3) is 4.36. The highest BCUT2D eigenvalue weighted by atomic mass is 32.1. The second-order valence-electron chi connectivity index (χ2n) is 7.21. The summed E-state index contributed by atoms with van der Waals surface area (Å²) < 4.78 is 5.29. The van der Waals surface area contributed by atoms with E-state index in [0.29, 0.717) is 32.7 Å². The van der Waals surface area contributed by atoms with Crippen LogP contribution in [0.15, 0.2) is 41.1 Å². The maximum Gasteiger partial charge on any atom is 0.322 e. The number of nitrogens with one attached hydrogen (secondary N) is 1. The van der Waals surface area contributed by atoms with Crippen LogP contribution in [0.25, 0.3) is 0 Å². The molecule has 3 amide bonds. The molecule has 1 N–H and O–H groups in total. The molecule has 3 heterocycles. The van der Waals surface area contributed by atoms with Gasteiger partial charge in [-0.25, -0.2) is 4.79 Å². The molecule has 0 radical (unpaired) electrons. The average Bonchev–Trinajstić information content (AvgIpc) is 3.41. The van der Waals surface area contributed by atoms with Gasteiger partial charge in [0.25, 0.3) is 0 Å². The average molecular weight is 400 g/mol. The number of amides is 3. The van der Waals surface area contributed by atoms with E-state index in [1.54, 1.807) is 11.3 Å². The van der Waals surface area contributed by atoms with Crippen molar-refractivity contribution < 1.29 is 14.3 Å². The van der Waals surface area contributed by atoms with Gasteiger partial charge in [0.2, 0.25) is 5.91 Å². The van der Waals surface area contributed by atoms with Crippen LogP contribution in [0.1, 0.15) is 30.0 Å². The molecule has 2 fully saturated rings. The highest BCUT2D eigenvalue weighted by molar-refractivity contribution is 7.08. The Morgan fingerprint density at radius 1 is 1.11 bits per heavy atom. The number of hydrogen-bond acceptors (Lipinski definition) is 4. The predicted octanol–water partition coefficient (Wildman–Crippen LogP) is 3.52. The van der Waals surface area contributed by atoms with Crippen LogP contribution in [0.3, 0.4) is 0 Å². The Hall–Kier alpha value is -2.38. The Bertz CT molecular complexity index is 801. The maximum absolute atomic E-state index is 12.7. The number of rotatable bonds is 4. The first-order chi connectivity index (χ1) is 13.7. The number of urea groups is 1. The Labute approximate surface area is 169 Å². The Morgan fingerprint density at radius 2 is 1.89 bits per heavy atom. The van der Waals surface area contributed by atoms with E-state index in [-0.39, 0.29) is 18.0 Å². The summed E-state index contributed by atoms with van der Waals surface area (Å²) in [5, 5.41) is 7.18. The molecule has 148 valence electrons. The van der Waals surface area contributed by atoms with E-state index < -0.39 is 0 Å². The molecule has 2 aromatic rings. The lowest BCUT2D eigenvalue weighted by Gasteiger charge is -2.27. The van der Waals surface area contributed by atoms with Gasteiger partial charge >= 0.3 is 6.03 Å². The number of thiophene rings is 1. The molecule has 1 aromatic carbocycles. The molecule has 1 aromatic heterocycles. The van der Waals surface area contributed by atoms with E-state index in [9.17, 15) is 9.59 Å². The van der Waals surface area contributed by atoms with Gasteiger partial charge in [0.15, 0.2) is 0 Å². The van der Waals surface area contributed by atoms with Gasteiger partial charge < -0.3 is 19.9 Å². The summed E-state index contributed by atoms with van der Waals surface area (Å²) >= 11 is 1.66. The van der Waals surface area contributed by atoms with E-state index in [0.717, 1.165) is 30.6 Å². The molecule has 0 bridgehead atoms. The monoisotopic (exact) mass is 399 g/mol. The summed E-state index contributed by atoms with van der Waals surface area (Å²) in [5.41, 5.74) is 2.92. The second kappa shape index (κ2) is 8.75. The minimum Gasteiger partial charge on any atom is -0.378 e. The van der Waals surface area contributed by atoms with Crippen molar-refractivity contribution in [2.75, 3.05) is 38.2 Å². The van der Waals surface area contributed by atoms with E-state index >= 15 is 0 Å². The number of carbonyl (C=O) groups is 2. The molecule has 2 aliphatic rings. The van der Waals surface area contributed by atoms with Crippen LogP contribution in [0, 0.1) is 0 Å². The smallest absolute Gasteiger partial charge is 0.322 e. The van der Waals surface area contributed by atoms with Crippen LogP contribution in [0.2, 0.25) is 0 Å².